The summed E-state index contributed by atoms with van der Waals surface area (Å²) in [6, 6.07) is 6.14. The number of nitrogens with one attached hydrogen (secondary N) is 1. The molecule has 0 spiro atoms. The van der Waals surface area contributed by atoms with Crippen LogP contribution in [0.5, 0.6) is 0 Å². The highest BCUT2D eigenvalue weighted by Gasteiger charge is 2.26. The number of rotatable bonds is 7. The number of fused-ring (bicyclic) bond motifs is 1. The number of aromatic nitrogens is 4. The maximum atomic E-state index is 10.4. The van der Waals surface area contributed by atoms with E-state index in [0.717, 1.165) is 48.0 Å². The van der Waals surface area contributed by atoms with Gasteiger partial charge >= 0.3 is 0 Å². The van der Waals surface area contributed by atoms with Crippen LogP contribution < -0.4 is 5.32 Å². The van der Waals surface area contributed by atoms with Crippen LogP contribution in [0.4, 0.5) is 5.95 Å². The molecule has 1 atom stereocenters. The quantitative estimate of drug-likeness (QED) is 0.518. The second-order valence-electron chi connectivity index (χ2n) is 9.36. The van der Waals surface area contributed by atoms with E-state index in [2.05, 4.69) is 21.4 Å². The number of methoxy groups -OCH3 is 1. The van der Waals surface area contributed by atoms with Gasteiger partial charge in [0, 0.05) is 36.5 Å². The summed E-state index contributed by atoms with van der Waals surface area (Å²) in [7, 11) is 1.67. The van der Waals surface area contributed by atoms with Gasteiger partial charge in [0.25, 0.3) is 0 Å². The van der Waals surface area contributed by atoms with Crippen LogP contribution in [-0.4, -0.2) is 55.7 Å². The molecule has 0 bridgehead atoms. The predicted octanol–water partition coefficient (Wildman–Crippen LogP) is 3.48. The number of anilines is 1. The van der Waals surface area contributed by atoms with E-state index in [0.29, 0.717) is 24.2 Å². The van der Waals surface area contributed by atoms with E-state index >= 15 is 0 Å². The summed E-state index contributed by atoms with van der Waals surface area (Å²) in [5, 5.41) is 28.5. The van der Waals surface area contributed by atoms with Gasteiger partial charge in [0.15, 0.2) is 0 Å². The maximum absolute atomic E-state index is 10.4. The lowest BCUT2D eigenvalue weighted by molar-refractivity contribution is 0.0739. The third-order valence-electron chi connectivity index (χ3n) is 6.15. The molecule has 3 N–H and O–H groups in total. The molecule has 1 saturated carbocycles. The lowest BCUT2D eigenvalue weighted by Crippen LogP contribution is -2.23. The van der Waals surface area contributed by atoms with Crippen molar-refractivity contribution >= 4 is 11.5 Å². The number of hydrogen-bond donors (Lipinski definition) is 3. The number of hydrogen-bond acceptors (Lipinski definition) is 7. The monoisotopic (exact) mass is 439 g/mol. The van der Waals surface area contributed by atoms with Crippen LogP contribution in [0.2, 0.25) is 0 Å². The molecule has 0 saturated heterocycles. The standard InChI is InChI=1S/C24H33N5O3/c1-15(14-32-4)27-23-26-13-21-19(17-9-10-25-22(11-17)24(2,3)31)12-20(29(21)28-23)16-5-7-18(30)8-6-16/h9-13,15-16,18,30-31H,5-8,14H2,1-4H3,(H,27,28)/t15-,16-,18-/m0/s1. The highest BCUT2D eigenvalue weighted by molar-refractivity contribution is 5.81. The molecule has 3 heterocycles. The Kier molecular flexibility index (Phi) is 6.46. The van der Waals surface area contributed by atoms with Crippen LogP contribution in [0.3, 0.4) is 0 Å². The van der Waals surface area contributed by atoms with Crippen molar-refractivity contribution < 1.29 is 14.9 Å². The van der Waals surface area contributed by atoms with E-state index < -0.39 is 5.60 Å². The van der Waals surface area contributed by atoms with Gasteiger partial charge in [-0.1, -0.05) is 0 Å². The predicted molar refractivity (Wildman–Crippen MR) is 124 cm³/mol. The first kappa shape index (κ1) is 22.6. The normalized spacial score (nSPS) is 20.4. The number of aliphatic hydroxyl groups excluding tert-OH is 1. The fourth-order valence-corrected chi connectivity index (χ4v) is 4.42. The van der Waals surface area contributed by atoms with Gasteiger partial charge in [-0.25, -0.2) is 9.50 Å². The van der Waals surface area contributed by atoms with Crippen molar-refractivity contribution in [1.82, 2.24) is 19.6 Å². The van der Waals surface area contributed by atoms with Crippen molar-refractivity contribution in [2.45, 2.75) is 70.1 Å². The molecule has 0 aromatic carbocycles. The zero-order valence-corrected chi connectivity index (χ0v) is 19.2. The molecule has 1 aliphatic carbocycles. The van der Waals surface area contributed by atoms with Gasteiger partial charge < -0.3 is 20.3 Å². The van der Waals surface area contributed by atoms with E-state index in [4.69, 9.17) is 9.84 Å². The first-order valence-electron chi connectivity index (χ1n) is 11.3. The maximum Gasteiger partial charge on any atom is 0.241 e. The molecule has 4 rings (SSSR count). The lowest BCUT2D eigenvalue weighted by atomic mass is 9.85. The van der Waals surface area contributed by atoms with Crippen molar-refractivity contribution in [3.8, 4) is 11.1 Å². The zero-order chi connectivity index (χ0) is 22.9. The minimum Gasteiger partial charge on any atom is -0.393 e. The number of ether oxygens (including phenoxy) is 1. The molecule has 172 valence electrons. The van der Waals surface area contributed by atoms with E-state index in [1.807, 2.05) is 29.8 Å². The molecule has 0 unspecified atom stereocenters. The van der Waals surface area contributed by atoms with Gasteiger partial charge in [0.1, 0.15) is 5.60 Å². The first-order valence-corrected chi connectivity index (χ1v) is 11.3. The van der Waals surface area contributed by atoms with Crippen molar-refractivity contribution in [3.63, 3.8) is 0 Å². The van der Waals surface area contributed by atoms with Gasteiger partial charge in [-0.15, -0.1) is 5.10 Å². The number of nitrogens with zero attached hydrogens (tertiary/aromatic N) is 4. The average molecular weight is 440 g/mol. The van der Waals surface area contributed by atoms with Crippen LogP contribution >= 0.6 is 0 Å². The summed E-state index contributed by atoms with van der Waals surface area (Å²) in [6.07, 6.45) is 6.80. The Morgan fingerprint density at radius 2 is 1.97 bits per heavy atom. The molecule has 8 heteroatoms. The fourth-order valence-electron chi connectivity index (χ4n) is 4.42. The molecule has 0 aliphatic heterocycles. The van der Waals surface area contributed by atoms with Crippen LogP contribution in [0.1, 0.15) is 63.8 Å². The highest BCUT2D eigenvalue weighted by Crippen LogP contribution is 2.38. The van der Waals surface area contributed by atoms with Gasteiger partial charge in [-0.05, 0) is 70.2 Å². The van der Waals surface area contributed by atoms with Crippen LogP contribution in [0.15, 0.2) is 30.6 Å². The summed E-state index contributed by atoms with van der Waals surface area (Å²) >= 11 is 0. The second kappa shape index (κ2) is 9.13. The minimum atomic E-state index is -1.03. The summed E-state index contributed by atoms with van der Waals surface area (Å²) in [5.74, 6) is 0.864. The zero-order valence-electron chi connectivity index (χ0n) is 19.2. The van der Waals surface area contributed by atoms with Crippen molar-refractivity contribution in [2.75, 3.05) is 19.0 Å². The van der Waals surface area contributed by atoms with Crippen molar-refractivity contribution in [2.24, 2.45) is 0 Å². The number of aliphatic hydroxyl groups is 2. The Labute approximate surface area is 188 Å². The molecule has 0 radical (unpaired) electrons. The Hall–Kier alpha value is -2.55. The smallest absolute Gasteiger partial charge is 0.241 e. The topological polar surface area (TPSA) is 105 Å². The lowest BCUT2D eigenvalue weighted by Gasteiger charge is -2.25. The van der Waals surface area contributed by atoms with Gasteiger partial charge in [0.2, 0.25) is 5.95 Å². The molecular weight excluding hydrogens is 406 g/mol. The van der Waals surface area contributed by atoms with E-state index in [1.165, 1.54) is 0 Å². The second-order valence-corrected chi connectivity index (χ2v) is 9.36. The molecule has 3 aromatic rings. The molecule has 0 amide bonds. The van der Waals surface area contributed by atoms with E-state index in [-0.39, 0.29) is 12.1 Å². The van der Waals surface area contributed by atoms with Crippen LogP contribution in [0, 0.1) is 0 Å². The largest absolute Gasteiger partial charge is 0.393 e. The fraction of sp³-hybridized carbons (Fsp3) is 0.542. The SMILES string of the molecule is COC[C@H](C)Nc1ncc2c(-c3ccnc(C(C)(C)O)c3)cc([C@H]3CC[C@H](O)CC3)n2n1. The Morgan fingerprint density at radius 3 is 2.66 bits per heavy atom. The molecular formula is C24H33N5O3. The van der Waals surface area contributed by atoms with Crippen LogP contribution in [0.25, 0.3) is 16.6 Å². The summed E-state index contributed by atoms with van der Waals surface area (Å²) in [5.41, 5.74) is 3.59. The molecule has 3 aromatic heterocycles. The Balaban J connectivity index is 1.80. The highest BCUT2D eigenvalue weighted by atomic mass is 16.5. The van der Waals surface area contributed by atoms with Crippen molar-refractivity contribution in [1.29, 1.82) is 0 Å². The van der Waals surface area contributed by atoms with E-state index in [1.54, 1.807) is 27.2 Å². The third kappa shape index (κ3) is 4.77. The summed E-state index contributed by atoms with van der Waals surface area (Å²) < 4.78 is 7.20. The molecule has 1 fully saturated rings. The molecule has 8 nitrogen and oxygen atoms in total. The number of pyridine rings is 1. The minimum absolute atomic E-state index is 0.0790. The van der Waals surface area contributed by atoms with E-state index in [9.17, 15) is 10.2 Å². The van der Waals surface area contributed by atoms with Crippen molar-refractivity contribution in [3.05, 3.63) is 42.0 Å². The molecule has 32 heavy (non-hydrogen) atoms. The van der Waals surface area contributed by atoms with Crippen LogP contribution in [-0.2, 0) is 10.3 Å². The molecule has 1 aliphatic rings. The summed E-state index contributed by atoms with van der Waals surface area (Å²) in [4.78, 5) is 8.90. The average Bonchev–Trinajstić information content (AvgIpc) is 3.13. The third-order valence-corrected chi connectivity index (χ3v) is 6.15. The summed E-state index contributed by atoms with van der Waals surface area (Å²) in [6.45, 7) is 6.05. The van der Waals surface area contributed by atoms with Gasteiger partial charge in [-0.3, -0.25) is 4.98 Å². The van der Waals surface area contributed by atoms with Gasteiger partial charge in [0.05, 0.1) is 30.1 Å². The van der Waals surface area contributed by atoms with Gasteiger partial charge in [-0.2, -0.15) is 0 Å². The Morgan fingerprint density at radius 1 is 1.22 bits per heavy atom. The Bertz CT molecular complexity index is 1070. The first-order chi connectivity index (χ1) is 15.3.